The van der Waals surface area contributed by atoms with E-state index in [1.54, 1.807) is 43.3 Å². The fraction of sp³-hybridized carbons (Fsp3) is 0.176. The predicted octanol–water partition coefficient (Wildman–Crippen LogP) is 2.95. The maximum Gasteiger partial charge on any atom is 0.240 e. The minimum Gasteiger partial charge on any atom is -0.263 e. The Bertz CT molecular complexity index is 968. The molecule has 3 rings (SSSR count). The van der Waals surface area contributed by atoms with Crippen molar-refractivity contribution in [2.75, 3.05) is 6.54 Å². The summed E-state index contributed by atoms with van der Waals surface area (Å²) in [4.78, 5) is 4.66. The highest BCUT2D eigenvalue weighted by atomic mass is 35.5. The zero-order valence-electron chi connectivity index (χ0n) is 13.5. The lowest BCUT2D eigenvalue weighted by Crippen LogP contribution is -2.26. The molecular weight excluding hydrogens is 360 g/mol. The summed E-state index contributed by atoms with van der Waals surface area (Å²) in [6.45, 7) is 2.00. The zero-order chi connectivity index (χ0) is 17.9. The van der Waals surface area contributed by atoms with Gasteiger partial charge in [-0.1, -0.05) is 29.8 Å². The van der Waals surface area contributed by atoms with Crippen molar-refractivity contribution in [3.8, 4) is 11.4 Å². The summed E-state index contributed by atoms with van der Waals surface area (Å²) in [5.41, 5.74) is 1.55. The molecule has 0 amide bonds. The van der Waals surface area contributed by atoms with Gasteiger partial charge in [0.2, 0.25) is 10.0 Å². The third-order valence-corrected chi connectivity index (χ3v) is 5.54. The van der Waals surface area contributed by atoms with Crippen molar-refractivity contribution >= 4 is 21.6 Å². The van der Waals surface area contributed by atoms with E-state index in [1.807, 2.05) is 12.1 Å². The fourth-order valence-corrected chi connectivity index (χ4v) is 3.78. The van der Waals surface area contributed by atoms with Gasteiger partial charge in [-0.05, 0) is 42.8 Å². The second kappa shape index (κ2) is 7.35. The van der Waals surface area contributed by atoms with Crippen LogP contribution in [0.4, 0.5) is 0 Å². The topological polar surface area (TPSA) is 87.7 Å². The summed E-state index contributed by atoms with van der Waals surface area (Å²) < 4.78 is 27.3. The number of aromatic amines is 1. The predicted molar refractivity (Wildman–Crippen MR) is 96.9 cm³/mol. The summed E-state index contributed by atoms with van der Waals surface area (Å²) in [6, 6.07) is 14.1. The first-order chi connectivity index (χ1) is 12.0. The molecule has 130 valence electrons. The molecule has 0 aliphatic carbocycles. The largest absolute Gasteiger partial charge is 0.263 e. The van der Waals surface area contributed by atoms with E-state index in [2.05, 4.69) is 19.9 Å². The van der Waals surface area contributed by atoms with Crippen LogP contribution in [0.1, 0.15) is 11.4 Å². The van der Waals surface area contributed by atoms with E-state index >= 15 is 0 Å². The van der Waals surface area contributed by atoms with Crippen LogP contribution in [0.3, 0.4) is 0 Å². The molecule has 3 aromatic rings. The van der Waals surface area contributed by atoms with Crippen molar-refractivity contribution in [2.24, 2.45) is 0 Å². The molecule has 6 nitrogen and oxygen atoms in total. The van der Waals surface area contributed by atoms with Crippen LogP contribution >= 0.6 is 11.6 Å². The SMILES string of the molecule is Cc1ccccc1S(=O)(=O)NCCc1nc(-c2ccc(Cl)cc2)n[nH]1. The molecule has 0 aliphatic heterocycles. The molecule has 0 radical (unpaired) electrons. The zero-order valence-corrected chi connectivity index (χ0v) is 15.1. The smallest absolute Gasteiger partial charge is 0.240 e. The Morgan fingerprint density at radius 2 is 1.84 bits per heavy atom. The van der Waals surface area contributed by atoms with E-state index in [9.17, 15) is 8.42 Å². The quantitative estimate of drug-likeness (QED) is 0.692. The number of aromatic nitrogens is 3. The second-order valence-corrected chi connectivity index (χ2v) is 7.70. The molecule has 0 spiro atoms. The number of nitrogens with zero attached hydrogens (tertiary/aromatic N) is 2. The Hall–Kier alpha value is -2.22. The summed E-state index contributed by atoms with van der Waals surface area (Å²) in [7, 11) is -3.54. The second-order valence-electron chi connectivity index (χ2n) is 5.53. The normalized spacial score (nSPS) is 11.6. The number of H-pyrrole nitrogens is 1. The van der Waals surface area contributed by atoms with Gasteiger partial charge in [-0.15, -0.1) is 0 Å². The van der Waals surface area contributed by atoms with Gasteiger partial charge in [-0.3, -0.25) is 5.10 Å². The first-order valence-electron chi connectivity index (χ1n) is 7.68. The molecule has 25 heavy (non-hydrogen) atoms. The van der Waals surface area contributed by atoms with Crippen molar-refractivity contribution in [2.45, 2.75) is 18.2 Å². The van der Waals surface area contributed by atoms with Crippen LogP contribution in [0.25, 0.3) is 11.4 Å². The van der Waals surface area contributed by atoms with Crippen LogP contribution in [-0.2, 0) is 16.4 Å². The Labute approximate surface area is 151 Å². The molecule has 0 unspecified atom stereocenters. The van der Waals surface area contributed by atoms with E-state index in [1.165, 1.54) is 0 Å². The van der Waals surface area contributed by atoms with Gasteiger partial charge in [-0.25, -0.2) is 18.1 Å². The first kappa shape index (κ1) is 17.6. The standard InChI is InChI=1S/C17H17ClN4O2S/c1-12-4-2-3-5-15(12)25(23,24)19-11-10-16-20-17(22-21-16)13-6-8-14(18)9-7-13/h2-9,19H,10-11H2,1H3,(H,20,21,22). The van der Waals surface area contributed by atoms with Crippen molar-refractivity contribution in [3.63, 3.8) is 0 Å². The number of hydrogen-bond acceptors (Lipinski definition) is 4. The van der Waals surface area contributed by atoms with E-state index < -0.39 is 10.0 Å². The summed E-state index contributed by atoms with van der Waals surface area (Å²) in [5, 5.41) is 7.62. The van der Waals surface area contributed by atoms with Gasteiger partial charge < -0.3 is 0 Å². The molecule has 1 heterocycles. The van der Waals surface area contributed by atoms with Gasteiger partial charge >= 0.3 is 0 Å². The Balaban J connectivity index is 1.63. The number of hydrogen-bond donors (Lipinski definition) is 2. The summed E-state index contributed by atoms with van der Waals surface area (Å²) in [6.07, 6.45) is 0.408. The molecule has 8 heteroatoms. The monoisotopic (exact) mass is 376 g/mol. The van der Waals surface area contributed by atoms with Gasteiger partial charge in [0.1, 0.15) is 5.82 Å². The Morgan fingerprint density at radius 3 is 2.56 bits per heavy atom. The van der Waals surface area contributed by atoms with Crippen molar-refractivity contribution in [1.82, 2.24) is 19.9 Å². The minimum absolute atomic E-state index is 0.228. The third-order valence-electron chi connectivity index (χ3n) is 3.67. The van der Waals surface area contributed by atoms with E-state index in [0.29, 0.717) is 28.7 Å². The van der Waals surface area contributed by atoms with Crippen LogP contribution in [0, 0.1) is 6.92 Å². The van der Waals surface area contributed by atoms with Crippen molar-refractivity contribution in [3.05, 3.63) is 64.9 Å². The third kappa shape index (κ3) is 4.25. The van der Waals surface area contributed by atoms with Gasteiger partial charge in [0, 0.05) is 23.6 Å². The minimum atomic E-state index is -3.54. The number of halogens is 1. The van der Waals surface area contributed by atoms with E-state index in [4.69, 9.17) is 11.6 Å². The fourth-order valence-electron chi connectivity index (χ4n) is 2.37. The van der Waals surface area contributed by atoms with Gasteiger partial charge in [-0.2, -0.15) is 5.10 Å². The highest BCUT2D eigenvalue weighted by Crippen LogP contribution is 2.18. The molecule has 0 saturated heterocycles. The van der Waals surface area contributed by atoms with Crippen LogP contribution in [0.2, 0.25) is 5.02 Å². The summed E-state index contributed by atoms with van der Waals surface area (Å²) >= 11 is 5.86. The molecule has 1 aromatic heterocycles. The van der Waals surface area contributed by atoms with Crippen molar-refractivity contribution < 1.29 is 8.42 Å². The highest BCUT2D eigenvalue weighted by molar-refractivity contribution is 7.89. The Morgan fingerprint density at radius 1 is 1.12 bits per heavy atom. The Kier molecular flexibility index (Phi) is 5.17. The first-order valence-corrected chi connectivity index (χ1v) is 9.54. The van der Waals surface area contributed by atoms with Gasteiger partial charge in [0.05, 0.1) is 4.90 Å². The summed E-state index contributed by atoms with van der Waals surface area (Å²) in [5.74, 6) is 1.16. The lowest BCUT2D eigenvalue weighted by atomic mass is 10.2. The lowest BCUT2D eigenvalue weighted by molar-refractivity contribution is 0.580. The molecule has 0 saturated carbocycles. The number of nitrogens with one attached hydrogen (secondary N) is 2. The molecule has 2 aromatic carbocycles. The van der Waals surface area contributed by atoms with Crippen LogP contribution in [-0.4, -0.2) is 30.1 Å². The molecule has 0 bridgehead atoms. The average molecular weight is 377 g/mol. The lowest BCUT2D eigenvalue weighted by Gasteiger charge is -2.08. The van der Waals surface area contributed by atoms with Gasteiger partial charge in [0.15, 0.2) is 5.82 Å². The molecule has 0 fully saturated rings. The van der Waals surface area contributed by atoms with E-state index in [-0.39, 0.29) is 11.4 Å². The maximum absolute atomic E-state index is 12.3. The maximum atomic E-state index is 12.3. The number of sulfonamides is 1. The van der Waals surface area contributed by atoms with Gasteiger partial charge in [0.25, 0.3) is 0 Å². The number of rotatable bonds is 6. The van der Waals surface area contributed by atoms with Crippen LogP contribution in [0.5, 0.6) is 0 Å². The molecular formula is C17H17ClN4O2S. The van der Waals surface area contributed by atoms with E-state index in [0.717, 1.165) is 5.56 Å². The number of benzene rings is 2. The molecule has 0 aliphatic rings. The average Bonchev–Trinajstić information content (AvgIpc) is 3.04. The van der Waals surface area contributed by atoms with Crippen molar-refractivity contribution in [1.29, 1.82) is 0 Å². The van der Waals surface area contributed by atoms with Crippen LogP contribution in [0.15, 0.2) is 53.4 Å². The number of aryl methyl sites for hydroxylation is 1. The highest BCUT2D eigenvalue weighted by Gasteiger charge is 2.16. The van der Waals surface area contributed by atoms with Crippen LogP contribution < -0.4 is 4.72 Å². The molecule has 0 atom stereocenters. The molecule has 2 N–H and O–H groups in total.